The van der Waals surface area contributed by atoms with E-state index in [1.165, 1.54) is 0 Å². The van der Waals surface area contributed by atoms with Crippen molar-refractivity contribution in [3.8, 4) is 0 Å². The van der Waals surface area contributed by atoms with Crippen molar-refractivity contribution in [1.29, 1.82) is 0 Å². The fraction of sp³-hybridized carbons (Fsp3) is 0.909. The third kappa shape index (κ3) is 6.20. The van der Waals surface area contributed by atoms with Crippen LogP contribution in [-0.4, -0.2) is 104 Å². The zero-order valence-corrected chi connectivity index (χ0v) is 15.4. The van der Waals surface area contributed by atoms with Crippen LogP contribution < -0.4 is 56.5 Å². The maximum absolute atomic E-state index is 10.3. The van der Waals surface area contributed by atoms with Gasteiger partial charge in [0.25, 0.3) is 0 Å². The summed E-state index contributed by atoms with van der Waals surface area (Å²) in [4.78, 5) is 10.3. The smallest absolute Gasteiger partial charge is 0.547 e. The summed E-state index contributed by atoms with van der Waals surface area (Å²) >= 11 is 0. The van der Waals surface area contributed by atoms with Gasteiger partial charge in [0.1, 0.15) is 42.7 Å². The maximum atomic E-state index is 10.3. The summed E-state index contributed by atoms with van der Waals surface area (Å²) in [6, 6.07) is 0. The van der Waals surface area contributed by atoms with Crippen LogP contribution in [0.2, 0.25) is 0 Å². The summed E-state index contributed by atoms with van der Waals surface area (Å²) in [5.41, 5.74) is 0. The molecule has 1 aliphatic heterocycles. The average Bonchev–Trinajstić information content (AvgIpc) is 2.50. The Morgan fingerprint density at radius 3 is 2.17 bits per heavy atom. The van der Waals surface area contributed by atoms with Gasteiger partial charge < -0.3 is 55.1 Å². The average molecular weight is 366 g/mol. The van der Waals surface area contributed by atoms with Gasteiger partial charge in [-0.15, -0.1) is 0 Å². The minimum Gasteiger partial charge on any atom is -0.547 e. The first-order valence-corrected chi connectivity index (χ1v) is 6.37. The summed E-state index contributed by atoms with van der Waals surface area (Å²) in [5, 5.41) is 75.7. The van der Waals surface area contributed by atoms with Crippen molar-refractivity contribution in [2.75, 3.05) is 13.2 Å². The SMILES string of the molecule is O=C([O-])[C@@H](O)[C@H](O)[C@H](O)CO[C@H]1O[C@H](CO)[C@@H](O)[C@H](O)[C@H]1O.[K+]. The third-order valence-corrected chi connectivity index (χ3v) is 3.24. The summed E-state index contributed by atoms with van der Waals surface area (Å²) in [5.74, 6) is -2.00. The van der Waals surface area contributed by atoms with E-state index in [9.17, 15) is 35.4 Å². The molecule has 12 heteroatoms. The Morgan fingerprint density at radius 1 is 1.13 bits per heavy atom. The second-order valence-electron chi connectivity index (χ2n) is 4.85. The molecule has 11 nitrogen and oxygen atoms in total. The van der Waals surface area contributed by atoms with Crippen molar-refractivity contribution in [2.24, 2.45) is 0 Å². The summed E-state index contributed by atoms with van der Waals surface area (Å²) in [7, 11) is 0. The van der Waals surface area contributed by atoms with Crippen LogP contribution in [0.5, 0.6) is 0 Å². The molecule has 0 saturated carbocycles. The molecule has 0 aliphatic carbocycles. The molecule has 130 valence electrons. The number of carbonyl (C=O) groups is 1. The van der Waals surface area contributed by atoms with E-state index in [0.717, 1.165) is 0 Å². The molecule has 0 aromatic carbocycles. The molecule has 0 unspecified atom stereocenters. The van der Waals surface area contributed by atoms with Gasteiger partial charge in [0.15, 0.2) is 6.29 Å². The van der Waals surface area contributed by atoms with E-state index >= 15 is 0 Å². The first-order chi connectivity index (χ1) is 10.2. The Morgan fingerprint density at radius 2 is 1.70 bits per heavy atom. The largest absolute Gasteiger partial charge is 1.00 e. The molecule has 0 aromatic rings. The van der Waals surface area contributed by atoms with E-state index in [-0.39, 0.29) is 51.4 Å². The Balaban J connectivity index is 0.00000484. The molecule has 1 saturated heterocycles. The molecule has 0 amide bonds. The van der Waals surface area contributed by atoms with Crippen molar-refractivity contribution >= 4 is 5.97 Å². The number of ether oxygens (including phenoxy) is 2. The van der Waals surface area contributed by atoms with Crippen LogP contribution >= 0.6 is 0 Å². The van der Waals surface area contributed by atoms with Gasteiger partial charge in [-0.05, 0) is 0 Å². The molecule has 0 bridgehead atoms. The van der Waals surface area contributed by atoms with E-state index in [2.05, 4.69) is 0 Å². The Bertz CT molecular complexity index is 368. The molecular formula is C11H19KO11. The normalized spacial score (nSPS) is 35.0. The predicted octanol–water partition coefficient (Wildman–Crippen LogP) is -9.36. The van der Waals surface area contributed by atoms with Gasteiger partial charge in [-0.2, -0.15) is 0 Å². The quantitative estimate of drug-likeness (QED) is 0.211. The van der Waals surface area contributed by atoms with Crippen LogP contribution in [0.1, 0.15) is 0 Å². The number of carboxylic acid groups (broad SMARTS) is 1. The number of hydrogen-bond acceptors (Lipinski definition) is 11. The second-order valence-corrected chi connectivity index (χ2v) is 4.85. The van der Waals surface area contributed by atoms with Crippen molar-refractivity contribution in [1.82, 2.24) is 0 Å². The molecule has 7 N–H and O–H groups in total. The molecular weight excluding hydrogens is 347 g/mol. The summed E-state index contributed by atoms with van der Waals surface area (Å²) < 4.78 is 9.82. The zero-order chi connectivity index (χ0) is 17.0. The molecule has 1 rings (SSSR count). The minimum atomic E-state index is -2.35. The number of rotatable bonds is 7. The van der Waals surface area contributed by atoms with E-state index in [4.69, 9.17) is 19.7 Å². The van der Waals surface area contributed by atoms with Gasteiger partial charge in [-0.3, -0.25) is 0 Å². The van der Waals surface area contributed by atoms with E-state index in [0.29, 0.717) is 0 Å². The zero-order valence-electron chi connectivity index (χ0n) is 12.3. The van der Waals surface area contributed by atoms with Crippen molar-refractivity contribution in [3.05, 3.63) is 0 Å². The number of aliphatic hydroxyl groups is 7. The van der Waals surface area contributed by atoms with Crippen LogP contribution in [0.3, 0.4) is 0 Å². The molecule has 0 radical (unpaired) electrons. The first kappa shape index (κ1) is 23.7. The Labute approximate surface area is 173 Å². The molecule has 1 heterocycles. The van der Waals surface area contributed by atoms with Gasteiger partial charge >= 0.3 is 51.4 Å². The van der Waals surface area contributed by atoms with Gasteiger partial charge in [0.2, 0.25) is 0 Å². The van der Waals surface area contributed by atoms with E-state index in [1.807, 2.05) is 0 Å². The molecule has 0 aromatic heterocycles. The molecule has 0 spiro atoms. The van der Waals surface area contributed by atoms with Crippen LogP contribution in [0.15, 0.2) is 0 Å². The standard InChI is InChI=1S/C11H20O11.K/c12-1-4-6(15)7(16)9(18)11(22-4)21-2-3(13)5(14)8(17)10(19)20;/h3-9,11-18H,1-2H2,(H,19,20);/q;+1/p-1/t3-,4-,5-,6-,7+,8+,9-,11+;/m1./s1. The van der Waals surface area contributed by atoms with Crippen molar-refractivity contribution in [3.63, 3.8) is 0 Å². The number of hydrogen-bond donors (Lipinski definition) is 7. The second kappa shape index (κ2) is 10.7. The van der Waals surface area contributed by atoms with E-state index in [1.54, 1.807) is 0 Å². The van der Waals surface area contributed by atoms with Crippen LogP contribution in [0.4, 0.5) is 0 Å². The third-order valence-electron chi connectivity index (χ3n) is 3.24. The fourth-order valence-corrected chi connectivity index (χ4v) is 1.85. The Kier molecular flexibility index (Phi) is 11.0. The molecule has 23 heavy (non-hydrogen) atoms. The maximum Gasteiger partial charge on any atom is 1.00 e. The number of carbonyl (C=O) groups excluding carboxylic acids is 1. The fourth-order valence-electron chi connectivity index (χ4n) is 1.85. The van der Waals surface area contributed by atoms with Gasteiger partial charge in [0, 0.05) is 0 Å². The van der Waals surface area contributed by atoms with Gasteiger partial charge in [-0.25, -0.2) is 0 Å². The van der Waals surface area contributed by atoms with E-state index < -0.39 is 68.2 Å². The topological polar surface area (TPSA) is 200 Å². The number of carboxylic acids is 1. The minimum absolute atomic E-state index is 0. The summed E-state index contributed by atoms with van der Waals surface area (Å²) in [6.45, 7) is -1.45. The molecule has 1 aliphatic rings. The number of aliphatic carboxylic acids is 1. The molecule has 8 atom stereocenters. The first-order valence-electron chi connectivity index (χ1n) is 6.37. The van der Waals surface area contributed by atoms with Gasteiger partial charge in [-0.1, -0.05) is 0 Å². The Hall–Kier alpha value is 0.746. The molecule has 1 fully saturated rings. The van der Waals surface area contributed by atoms with Crippen LogP contribution in [0.25, 0.3) is 0 Å². The predicted molar refractivity (Wildman–Crippen MR) is 62.7 cm³/mol. The summed E-state index contributed by atoms with van der Waals surface area (Å²) in [6.07, 6.45) is -14.1. The van der Waals surface area contributed by atoms with Crippen molar-refractivity contribution in [2.45, 2.75) is 49.0 Å². The van der Waals surface area contributed by atoms with Crippen molar-refractivity contribution < 1.29 is 107 Å². The monoisotopic (exact) mass is 366 g/mol. The van der Waals surface area contributed by atoms with Crippen LogP contribution in [-0.2, 0) is 14.3 Å². The van der Waals surface area contributed by atoms with Gasteiger partial charge in [0.05, 0.1) is 19.2 Å². The number of aliphatic hydroxyl groups excluding tert-OH is 7. The van der Waals surface area contributed by atoms with Crippen LogP contribution in [0, 0.1) is 0 Å².